The van der Waals surface area contributed by atoms with E-state index in [1.54, 1.807) is 0 Å². The van der Waals surface area contributed by atoms with Crippen molar-refractivity contribution in [2.75, 3.05) is 57.8 Å². The molecular weight excluding hydrogens is 280 g/mol. The first kappa shape index (κ1) is 13.8. The third-order valence-electron chi connectivity index (χ3n) is 3.94. The molecule has 0 unspecified atom stereocenters. The molecule has 2 fully saturated rings. The average molecular weight is 305 g/mol. The van der Waals surface area contributed by atoms with Crippen LogP contribution in [0.2, 0.25) is 0 Å². The van der Waals surface area contributed by atoms with E-state index in [4.69, 9.17) is 4.74 Å². The molecule has 0 radical (unpaired) electrons. The molecular formula is C13H25BrN2O. The summed E-state index contributed by atoms with van der Waals surface area (Å²) in [6.45, 7) is 9.52. The second-order valence-electron chi connectivity index (χ2n) is 5.24. The van der Waals surface area contributed by atoms with Gasteiger partial charge in [-0.05, 0) is 38.3 Å². The summed E-state index contributed by atoms with van der Waals surface area (Å²) in [6.07, 6.45) is 3.86. The number of nitrogens with zero attached hydrogens (tertiary/aromatic N) is 2. The highest BCUT2D eigenvalue weighted by Gasteiger charge is 2.19. The van der Waals surface area contributed by atoms with Gasteiger partial charge in [-0.1, -0.05) is 15.9 Å². The fourth-order valence-electron chi connectivity index (χ4n) is 2.84. The van der Waals surface area contributed by atoms with Crippen molar-refractivity contribution in [2.45, 2.75) is 19.3 Å². The number of halogens is 1. The first-order chi connectivity index (χ1) is 8.38. The van der Waals surface area contributed by atoms with Crippen LogP contribution >= 0.6 is 15.9 Å². The van der Waals surface area contributed by atoms with E-state index >= 15 is 0 Å². The fraction of sp³-hybridized carbons (Fsp3) is 1.00. The van der Waals surface area contributed by atoms with E-state index in [1.165, 1.54) is 58.5 Å². The van der Waals surface area contributed by atoms with Crippen LogP contribution in [-0.4, -0.2) is 67.6 Å². The van der Waals surface area contributed by atoms with Gasteiger partial charge >= 0.3 is 0 Å². The summed E-state index contributed by atoms with van der Waals surface area (Å²) < 4.78 is 5.43. The molecule has 2 saturated heterocycles. The second kappa shape index (κ2) is 7.72. The minimum Gasteiger partial charge on any atom is -0.381 e. The van der Waals surface area contributed by atoms with E-state index in [9.17, 15) is 0 Å². The van der Waals surface area contributed by atoms with Crippen molar-refractivity contribution in [2.24, 2.45) is 5.92 Å². The predicted molar refractivity (Wildman–Crippen MR) is 74.8 cm³/mol. The molecule has 0 saturated carbocycles. The van der Waals surface area contributed by atoms with E-state index in [2.05, 4.69) is 25.7 Å². The summed E-state index contributed by atoms with van der Waals surface area (Å²) in [7, 11) is 0. The quantitative estimate of drug-likeness (QED) is 0.737. The summed E-state index contributed by atoms with van der Waals surface area (Å²) in [5.74, 6) is 0.881. The molecule has 0 aromatic heterocycles. The van der Waals surface area contributed by atoms with Gasteiger partial charge in [-0.2, -0.15) is 0 Å². The molecule has 2 heterocycles. The standard InChI is InChI=1S/C13H25BrN2O/c14-4-7-15-5-1-6-16(9-8-15)12-13-2-10-17-11-3-13/h13H,1-12H2. The Morgan fingerprint density at radius 1 is 1.00 bits per heavy atom. The van der Waals surface area contributed by atoms with Crippen LogP contribution in [0.1, 0.15) is 19.3 Å². The van der Waals surface area contributed by atoms with E-state index in [0.717, 1.165) is 24.5 Å². The molecule has 2 rings (SSSR count). The van der Waals surface area contributed by atoms with Crippen LogP contribution in [0.5, 0.6) is 0 Å². The Hall–Kier alpha value is 0.360. The number of hydrogen-bond acceptors (Lipinski definition) is 3. The highest BCUT2D eigenvalue weighted by atomic mass is 79.9. The van der Waals surface area contributed by atoms with Crippen LogP contribution in [0.25, 0.3) is 0 Å². The van der Waals surface area contributed by atoms with Crippen molar-refractivity contribution in [1.29, 1.82) is 0 Å². The SMILES string of the molecule is BrCCN1CCCN(CC2CCOCC2)CC1. The monoisotopic (exact) mass is 304 g/mol. The molecule has 0 N–H and O–H groups in total. The molecule has 3 nitrogen and oxygen atoms in total. The van der Waals surface area contributed by atoms with E-state index in [1.807, 2.05) is 0 Å². The largest absolute Gasteiger partial charge is 0.381 e. The van der Waals surface area contributed by atoms with Crippen molar-refractivity contribution in [3.8, 4) is 0 Å². The van der Waals surface area contributed by atoms with Crippen LogP contribution < -0.4 is 0 Å². The van der Waals surface area contributed by atoms with Crippen molar-refractivity contribution < 1.29 is 4.74 Å². The maximum Gasteiger partial charge on any atom is 0.0469 e. The molecule has 100 valence electrons. The maximum absolute atomic E-state index is 5.43. The van der Waals surface area contributed by atoms with Gasteiger partial charge in [0.15, 0.2) is 0 Å². The molecule has 0 bridgehead atoms. The fourth-order valence-corrected chi connectivity index (χ4v) is 3.35. The summed E-state index contributed by atoms with van der Waals surface area (Å²) in [4.78, 5) is 5.25. The van der Waals surface area contributed by atoms with Gasteiger partial charge in [0.2, 0.25) is 0 Å². The van der Waals surface area contributed by atoms with Gasteiger partial charge in [0.25, 0.3) is 0 Å². The van der Waals surface area contributed by atoms with Gasteiger partial charge in [-0.15, -0.1) is 0 Å². The minimum absolute atomic E-state index is 0.881. The van der Waals surface area contributed by atoms with Gasteiger partial charge in [0.05, 0.1) is 0 Å². The van der Waals surface area contributed by atoms with Gasteiger partial charge in [-0.25, -0.2) is 0 Å². The zero-order chi connectivity index (χ0) is 11.9. The highest BCUT2D eigenvalue weighted by molar-refractivity contribution is 9.09. The Labute approximate surface area is 114 Å². The molecule has 2 aliphatic heterocycles. The van der Waals surface area contributed by atoms with E-state index in [-0.39, 0.29) is 0 Å². The first-order valence-corrected chi connectivity index (χ1v) is 8.09. The molecule has 0 atom stereocenters. The number of alkyl halides is 1. The second-order valence-corrected chi connectivity index (χ2v) is 6.03. The lowest BCUT2D eigenvalue weighted by Gasteiger charge is -2.28. The molecule has 17 heavy (non-hydrogen) atoms. The minimum atomic E-state index is 0.881. The molecule has 0 aromatic rings. The van der Waals surface area contributed by atoms with Crippen molar-refractivity contribution in [1.82, 2.24) is 9.80 Å². The third kappa shape index (κ3) is 4.86. The summed E-state index contributed by atoms with van der Waals surface area (Å²) in [6, 6.07) is 0. The van der Waals surface area contributed by atoms with Crippen LogP contribution in [-0.2, 0) is 4.74 Å². The lowest BCUT2D eigenvalue weighted by Crippen LogP contribution is -2.36. The Balaban J connectivity index is 1.70. The van der Waals surface area contributed by atoms with Gasteiger partial charge in [0.1, 0.15) is 0 Å². The topological polar surface area (TPSA) is 15.7 Å². The lowest BCUT2D eigenvalue weighted by molar-refractivity contribution is 0.0530. The third-order valence-corrected chi connectivity index (χ3v) is 4.29. The zero-order valence-corrected chi connectivity index (χ0v) is 12.3. The normalized spacial score (nSPS) is 25.9. The maximum atomic E-state index is 5.43. The van der Waals surface area contributed by atoms with E-state index < -0.39 is 0 Å². The van der Waals surface area contributed by atoms with Crippen LogP contribution in [0, 0.1) is 5.92 Å². The molecule has 0 aliphatic carbocycles. The Kier molecular flexibility index (Phi) is 6.26. The summed E-state index contributed by atoms with van der Waals surface area (Å²) in [5, 5.41) is 1.10. The van der Waals surface area contributed by atoms with Crippen molar-refractivity contribution in [3.63, 3.8) is 0 Å². The Bertz CT molecular complexity index is 210. The number of rotatable bonds is 4. The Morgan fingerprint density at radius 3 is 2.47 bits per heavy atom. The van der Waals surface area contributed by atoms with E-state index in [0.29, 0.717) is 0 Å². The van der Waals surface area contributed by atoms with Gasteiger partial charge in [-0.3, -0.25) is 0 Å². The molecule has 2 aliphatic rings. The summed E-state index contributed by atoms with van der Waals surface area (Å²) in [5.41, 5.74) is 0. The molecule has 0 amide bonds. The molecule has 4 heteroatoms. The summed E-state index contributed by atoms with van der Waals surface area (Å²) >= 11 is 3.54. The van der Waals surface area contributed by atoms with Crippen LogP contribution in [0.15, 0.2) is 0 Å². The zero-order valence-electron chi connectivity index (χ0n) is 10.7. The average Bonchev–Trinajstić information content (AvgIpc) is 2.57. The molecule has 0 aromatic carbocycles. The van der Waals surface area contributed by atoms with Crippen LogP contribution in [0.3, 0.4) is 0 Å². The Morgan fingerprint density at radius 2 is 1.71 bits per heavy atom. The van der Waals surface area contributed by atoms with Gasteiger partial charge < -0.3 is 14.5 Å². The predicted octanol–water partition coefficient (Wildman–Crippen LogP) is 1.82. The smallest absolute Gasteiger partial charge is 0.0469 e. The number of ether oxygens (including phenoxy) is 1. The molecule has 0 spiro atoms. The van der Waals surface area contributed by atoms with Gasteiger partial charge in [0, 0.05) is 44.7 Å². The van der Waals surface area contributed by atoms with Crippen molar-refractivity contribution in [3.05, 3.63) is 0 Å². The number of hydrogen-bond donors (Lipinski definition) is 0. The lowest BCUT2D eigenvalue weighted by atomic mass is 10.00. The highest BCUT2D eigenvalue weighted by Crippen LogP contribution is 2.17. The van der Waals surface area contributed by atoms with Crippen LogP contribution in [0.4, 0.5) is 0 Å². The first-order valence-electron chi connectivity index (χ1n) is 6.97. The van der Waals surface area contributed by atoms with Crippen molar-refractivity contribution >= 4 is 15.9 Å².